The summed E-state index contributed by atoms with van der Waals surface area (Å²) in [4.78, 5) is 2.14. The molecule has 2 rings (SSSR count). The van der Waals surface area contributed by atoms with E-state index in [4.69, 9.17) is 17.3 Å². The summed E-state index contributed by atoms with van der Waals surface area (Å²) >= 11 is 12.7. The van der Waals surface area contributed by atoms with Crippen LogP contribution in [0.15, 0.2) is 27.4 Å². The van der Waals surface area contributed by atoms with Gasteiger partial charge < -0.3 is 5.73 Å². The van der Waals surface area contributed by atoms with Crippen LogP contribution in [0.2, 0.25) is 5.02 Å². The van der Waals surface area contributed by atoms with Crippen LogP contribution in [-0.2, 0) is 0 Å². The van der Waals surface area contributed by atoms with Gasteiger partial charge in [0.2, 0.25) is 0 Å². The Morgan fingerprint density at radius 2 is 1.86 bits per heavy atom. The van der Waals surface area contributed by atoms with E-state index in [0.29, 0.717) is 0 Å². The minimum Gasteiger partial charge on any atom is -0.319 e. The van der Waals surface area contributed by atoms with E-state index >= 15 is 0 Å². The molecule has 0 radical (unpaired) electrons. The van der Waals surface area contributed by atoms with Crippen LogP contribution in [0.3, 0.4) is 0 Å². The first kappa shape index (κ1) is 10.6. The molecule has 1 unspecified atom stereocenters. The van der Waals surface area contributed by atoms with Crippen molar-refractivity contribution in [3.63, 3.8) is 0 Å². The van der Waals surface area contributed by atoms with Gasteiger partial charge in [-0.25, -0.2) is 0 Å². The molecular formula is C9H7BrClNS2. The van der Waals surface area contributed by atoms with Gasteiger partial charge in [0.15, 0.2) is 0 Å². The van der Waals surface area contributed by atoms with Crippen LogP contribution in [0.4, 0.5) is 0 Å². The zero-order valence-electron chi connectivity index (χ0n) is 7.04. The summed E-state index contributed by atoms with van der Waals surface area (Å²) in [7, 11) is 0. The molecule has 0 saturated carbocycles. The Morgan fingerprint density at radius 3 is 2.36 bits per heavy atom. The smallest absolute Gasteiger partial charge is 0.0766 e. The molecule has 14 heavy (non-hydrogen) atoms. The van der Waals surface area contributed by atoms with E-state index in [1.165, 1.54) is 0 Å². The van der Waals surface area contributed by atoms with Crippen LogP contribution in [0.25, 0.3) is 0 Å². The van der Waals surface area contributed by atoms with E-state index in [1.807, 2.05) is 22.9 Å². The summed E-state index contributed by atoms with van der Waals surface area (Å²) in [6, 6.07) is 3.77. The SMILES string of the molecule is NC(c1sccc1Cl)c1sccc1Br. The number of nitrogens with two attached hydrogens (primary N) is 1. The minimum absolute atomic E-state index is 0.114. The fourth-order valence-electron chi connectivity index (χ4n) is 1.17. The van der Waals surface area contributed by atoms with Crippen molar-refractivity contribution in [3.05, 3.63) is 42.1 Å². The zero-order valence-corrected chi connectivity index (χ0v) is 11.0. The van der Waals surface area contributed by atoms with E-state index in [9.17, 15) is 0 Å². The monoisotopic (exact) mass is 307 g/mol. The van der Waals surface area contributed by atoms with Gasteiger partial charge in [-0.2, -0.15) is 0 Å². The quantitative estimate of drug-likeness (QED) is 0.880. The van der Waals surface area contributed by atoms with E-state index in [-0.39, 0.29) is 6.04 Å². The fraction of sp³-hybridized carbons (Fsp3) is 0.111. The van der Waals surface area contributed by atoms with Gasteiger partial charge in [0, 0.05) is 14.2 Å². The van der Waals surface area contributed by atoms with Crippen molar-refractivity contribution in [1.82, 2.24) is 0 Å². The normalized spacial score (nSPS) is 13.1. The summed E-state index contributed by atoms with van der Waals surface area (Å²) in [5, 5.41) is 4.72. The van der Waals surface area contributed by atoms with Gasteiger partial charge in [0.25, 0.3) is 0 Å². The van der Waals surface area contributed by atoms with Crippen molar-refractivity contribution in [3.8, 4) is 0 Å². The van der Waals surface area contributed by atoms with Crippen molar-refractivity contribution >= 4 is 50.2 Å². The van der Waals surface area contributed by atoms with Crippen LogP contribution in [0, 0.1) is 0 Å². The molecule has 0 aromatic carbocycles. The summed E-state index contributed by atoms with van der Waals surface area (Å²) in [5.41, 5.74) is 6.11. The fourth-order valence-corrected chi connectivity index (χ4v) is 4.06. The third kappa shape index (κ3) is 1.90. The van der Waals surface area contributed by atoms with Gasteiger partial charge in [-0.3, -0.25) is 0 Å². The Bertz CT molecular complexity index is 397. The molecule has 2 N–H and O–H groups in total. The Labute approximate surface area is 104 Å². The number of rotatable bonds is 2. The average Bonchev–Trinajstić information content (AvgIpc) is 2.73. The molecule has 0 spiro atoms. The Kier molecular flexibility index (Phi) is 3.29. The van der Waals surface area contributed by atoms with E-state index < -0.39 is 0 Å². The van der Waals surface area contributed by atoms with Crippen molar-refractivity contribution in [2.75, 3.05) is 0 Å². The highest BCUT2D eigenvalue weighted by atomic mass is 79.9. The van der Waals surface area contributed by atoms with Crippen molar-refractivity contribution in [1.29, 1.82) is 0 Å². The molecule has 0 aliphatic carbocycles. The molecule has 1 nitrogen and oxygen atoms in total. The summed E-state index contributed by atoms with van der Waals surface area (Å²) in [6.07, 6.45) is 0. The minimum atomic E-state index is -0.114. The van der Waals surface area contributed by atoms with Crippen molar-refractivity contribution in [2.45, 2.75) is 6.04 Å². The van der Waals surface area contributed by atoms with Crippen molar-refractivity contribution < 1.29 is 0 Å². The lowest BCUT2D eigenvalue weighted by atomic mass is 10.2. The summed E-state index contributed by atoms with van der Waals surface area (Å²) < 4.78 is 1.06. The van der Waals surface area contributed by atoms with E-state index in [0.717, 1.165) is 19.2 Å². The van der Waals surface area contributed by atoms with Gasteiger partial charge in [-0.1, -0.05) is 11.6 Å². The maximum absolute atomic E-state index is 6.11. The molecule has 0 aliphatic rings. The molecule has 1 atom stereocenters. The zero-order chi connectivity index (χ0) is 10.1. The second-order valence-electron chi connectivity index (χ2n) is 2.74. The number of hydrogen-bond donors (Lipinski definition) is 1. The Balaban J connectivity index is 2.38. The lowest BCUT2D eigenvalue weighted by Crippen LogP contribution is -2.09. The third-order valence-corrected chi connectivity index (χ3v) is 5.25. The number of thiophene rings is 2. The first-order chi connectivity index (χ1) is 6.70. The molecule has 5 heteroatoms. The molecule has 2 aromatic heterocycles. The van der Waals surface area contributed by atoms with Crippen LogP contribution >= 0.6 is 50.2 Å². The first-order valence-electron chi connectivity index (χ1n) is 3.91. The van der Waals surface area contributed by atoms with Crippen LogP contribution < -0.4 is 5.73 Å². The van der Waals surface area contributed by atoms with Crippen LogP contribution in [-0.4, -0.2) is 0 Å². The summed E-state index contributed by atoms with van der Waals surface area (Å²) in [5.74, 6) is 0. The molecule has 2 heterocycles. The molecule has 0 amide bonds. The van der Waals surface area contributed by atoms with E-state index in [1.54, 1.807) is 22.7 Å². The van der Waals surface area contributed by atoms with Crippen LogP contribution in [0.1, 0.15) is 15.8 Å². The Morgan fingerprint density at radius 1 is 1.21 bits per heavy atom. The largest absolute Gasteiger partial charge is 0.319 e. The highest BCUT2D eigenvalue weighted by molar-refractivity contribution is 9.10. The van der Waals surface area contributed by atoms with E-state index in [2.05, 4.69) is 15.9 Å². The second-order valence-corrected chi connectivity index (χ2v) is 5.90. The molecule has 2 aromatic rings. The predicted octanol–water partition coefficient (Wildman–Crippen LogP) is 4.27. The molecule has 0 bridgehead atoms. The van der Waals surface area contributed by atoms with Gasteiger partial charge in [-0.15, -0.1) is 22.7 Å². The predicted molar refractivity (Wildman–Crippen MR) is 67.4 cm³/mol. The maximum Gasteiger partial charge on any atom is 0.0766 e. The molecule has 0 aliphatic heterocycles. The van der Waals surface area contributed by atoms with Gasteiger partial charge in [-0.05, 0) is 38.8 Å². The lowest BCUT2D eigenvalue weighted by molar-refractivity contribution is 0.912. The van der Waals surface area contributed by atoms with Crippen molar-refractivity contribution in [2.24, 2.45) is 5.73 Å². The third-order valence-electron chi connectivity index (χ3n) is 1.85. The highest BCUT2D eigenvalue weighted by Crippen LogP contribution is 2.36. The first-order valence-corrected chi connectivity index (χ1v) is 6.84. The van der Waals surface area contributed by atoms with Crippen LogP contribution in [0.5, 0.6) is 0 Å². The molecule has 0 fully saturated rings. The van der Waals surface area contributed by atoms with Gasteiger partial charge >= 0.3 is 0 Å². The van der Waals surface area contributed by atoms with Gasteiger partial charge in [0.1, 0.15) is 0 Å². The number of hydrogen-bond acceptors (Lipinski definition) is 3. The second kappa shape index (κ2) is 4.33. The maximum atomic E-state index is 6.11. The highest BCUT2D eigenvalue weighted by Gasteiger charge is 2.17. The standard InChI is InChI=1S/C9H7BrClNS2/c10-5-1-3-13-8(5)7(12)9-6(11)2-4-14-9/h1-4,7H,12H2. The summed E-state index contributed by atoms with van der Waals surface area (Å²) in [6.45, 7) is 0. The Hall–Kier alpha value is 0.130. The topological polar surface area (TPSA) is 26.0 Å². The number of halogens is 2. The molecular weight excluding hydrogens is 302 g/mol. The van der Waals surface area contributed by atoms with Gasteiger partial charge in [0.05, 0.1) is 11.1 Å². The lowest BCUT2D eigenvalue weighted by Gasteiger charge is -2.08. The molecule has 0 saturated heterocycles. The molecule has 74 valence electrons. The average molecular weight is 309 g/mol.